The Hall–Kier alpha value is -3.95. The number of aliphatic hydroxyl groups excluding tert-OH is 1. The third-order valence-electron chi connectivity index (χ3n) is 6.83. The van der Waals surface area contributed by atoms with Crippen LogP contribution in [0.4, 0.5) is 13.2 Å². The molecule has 9 nitrogen and oxygen atoms in total. The third kappa shape index (κ3) is 9.02. The number of amides is 2. The zero-order valence-electron chi connectivity index (χ0n) is 24.5. The second-order valence-corrected chi connectivity index (χ2v) is 10.7. The van der Waals surface area contributed by atoms with E-state index < -0.39 is 60.9 Å². The number of aliphatic hydroxyl groups is 1. The molecular weight excluding hydrogens is 585 g/mol. The molecule has 2 unspecified atom stereocenters. The molecule has 2 aliphatic rings. The van der Waals surface area contributed by atoms with Crippen LogP contribution in [0.25, 0.3) is 0 Å². The van der Waals surface area contributed by atoms with E-state index in [1.165, 1.54) is 62.3 Å². The highest BCUT2D eigenvalue weighted by Crippen LogP contribution is 2.38. The summed E-state index contributed by atoms with van der Waals surface area (Å²) in [5, 5.41) is 30.3. The number of allylic oxidation sites excluding steroid dienone is 7. The van der Waals surface area contributed by atoms with Gasteiger partial charge in [-0.2, -0.15) is 9.65 Å². The number of hydrogen-bond acceptors (Lipinski definition) is 6. The van der Waals surface area contributed by atoms with E-state index in [0.717, 1.165) is 11.0 Å². The van der Waals surface area contributed by atoms with E-state index in [-0.39, 0.29) is 40.6 Å². The fraction of sp³-hybridized carbons (Fsp3) is 0.433. The Balaban J connectivity index is 2.83. The highest BCUT2D eigenvalue weighted by molar-refractivity contribution is 6.30. The SMILES string of the molecule is C=C/C=C\C(=C(/C)Cl)C(C(=O)NC1CC(F)(F)C1)N(C(=O)[C@@H]1CCC(O)N1C(/C=C(\C)C#N)=NC)C(/C=C\C)=C/C(=N)F. The summed E-state index contributed by atoms with van der Waals surface area (Å²) >= 11 is 6.44. The number of nitrogens with zero attached hydrogens (tertiary/aromatic N) is 4. The van der Waals surface area contributed by atoms with Gasteiger partial charge in [-0.25, -0.2) is 8.78 Å². The van der Waals surface area contributed by atoms with Gasteiger partial charge in [0.2, 0.25) is 11.9 Å². The monoisotopic (exact) mass is 620 g/mol. The Morgan fingerprint density at radius 3 is 2.42 bits per heavy atom. The number of carbonyl (C=O) groups is 2. The van der Waals surface area contributed by atoms with Crippen LogP contribution >= 0.6 is 11.6 Å². The Morgan fingerprint density at radius 1 is 1.28 bits per heavy atom. The number of likely N-dealkylation sites (tertiary alicyclic amines) is 1. The molecule has 1 aliphatic carbocycles. The second-order valence-electron chi connectivity index (χ2n) is 10.1. The molecule has 3 N–H and O–H groups in total. The van der Waals surface area contributed by atoms with Gasteiger partial charge in [-0.3, -0.25) is 24.9 Å². The van der Waals surface area contributed by atoms with E-state index >= 15 is 0 Å². The van der Waals surface area contributed by atoms with Crippen molar-refractivity contribution in [1.29, 1.82) is 10.7 Å². The lowest BCUT2D eigenvalue weighted by Gasteiger charge is -2.40. The summed E-state index contributed by atoms with van der Waals surface area (Å²) in [6.45, 7) is 8.17. The van der Waals surface area contributed by atoms with Gasteiger partial charge in [-0.05, 0) is 51.3 Å². The fourth-order valence-electron chi connectivity index (χ4n) is 4.90. The van der Waals surface area contributed by atoms with Crippen LogP contribution in [-0.4, -0.2) is 75.8 Å². The number of carbonyl (C=O) groups excluding carboxylic acids is 2. The molecule has 1 heterocycles. The first kappa shape index (κ1) is 35.2. The summed E-state index contributed by atoms with van der Waals surface area (Å²) in [7, 11) is 1.42. The fourth-order valence-corrected chi connectivity index (χ4v) is 5.06. The van der Waals surface area contributed by atoms with E-state index in [1.807, 2.05) is 6.07 Å². The van der Waals surface area contributed by atoms with Gasteiger partial charge in [-0.1, -0.05) is 42.5 Å². The molecular formula is C30H36ClF3N6O3. The lowest BCUT2D eigenvalue weighted by Crippen LogP contribution is -2.59. The molecule has 1 saturated carbocycles. The van der Waals surface area contributed by atoms with Crippen LogP contribution in [0.15, 0.2) is 76.0 Å². The standard InChI is InChI=1S/C30H36ClF3N6O3/c1-6-8-10-22(19(4)31)27(28(42)38-20-15-30(33,34)16-20)39(21(9-7-2)14-24(32)36)29(43)23-11-12-26(41)40(23)25(37-5)13-18(3)17-35/h6-10,13-14,20,23,26-27,36,41H,1,11-12,15-16H2,2-5H3,(H,38,42)/b9-7-,10-8-,18-13+,21-14+,22-19-,36-24?,37-25?/t23-,26?,27?/m0/s1. The smallest absolute Gasteiger partial charge is 0.252 e. The molecule has 2 rings (SSSR count). The molecule has 0 bridgehead atoms. The molecule has 3 atom stereocenters. The van der Waals surface area contributed by atoms with Gasteiger partial charge in [0.05, 0.1) is 6.07 Å². The van der Waals surface area contributed by atoms with E-state index in [2.05, 4.69) is 16.9 Å². The van der Waals surface area contributed by atoms with Crippen molar-refractivity contribution < 1.29 is 27.9 Å². The van der Waals surface area contributed by atoms with E-state index in [1.54, 1.807) is 6.92 Å². The molecule has 13 heteroatoms. The molecule has 0 radical (unpaired) electrons. The number of aliphatic imine (C=N–C) groups is 1. The van der Waals surface area contributed by atoms with Gasteiger partial charge in [0.1, 0.15) is 24.1 Å². The molecule has 2 fully saturated rings. The molecule has 0 aromatic rings. The molecule has 0 aromatic carbocycles. The lowest BCUT2D eigenvalue weighted by molar-refractivity contribution is -0.142. The predicted octanol–water partition coefficient (Wildman–Crippen LogP) is 5.04. The van der Waals surface area contributed by atoms with E-state index in [4.69, 9.17) is 17.0 Å². The number of nitriles is 1. The van der Waals surface area contributed by atoms with Crippen molar-refractivity contribution in [2.75, 3.05) is 7.05 Å². The minimum absolute atomic E-state index is 0.0665. The van der Waals surface area contributed by atoms with Crippen LogP contribution in [0.5, 0.6) is 0 Å². The first-order valence-electron chi connectivity index (χ1n) is 13.5. The van der Waals surface area contributed by atoms with Crippen molar-refractivity contribution in [3.8, 4) is 6.07 Å². The van der Waals surface area contributed by atoms with Crippen molar-refractivity contribution in [3.05, 3.63) is 71.0 Å². The Labute approximate surface area is 254 Å². The Morgan fingerprint density at radius 2 is 1.93 bits per heavy atom. The normalized spacial score (nSPS) is 22.6. The quantitative estimate of drug-likeness (QED) is 0.129. The summed E-state index contributed by atoms with van der Waals surface area (Å²) in [6, 6.07) is -1.71. The third-order valence-corrected chi connectivity index (χ3v) is 7.05. The van der Waals surface area contributed by atoms with Crippen LogP contribution in [0.2, 0.25) is 0 Å². The van der Waals surface area contributed by atoms with Crippen LogP contribution in [0.3, 0.4) is 0 Å². The summed E-state index contributed by atoms with van der Waals surface area (Å²) in [6.07, 6.45) is 6.98. The van der Waals surface area contributed by atoms with E-state index in [9.17, 15) is 33.1 Å². The van der Waals surface area contributed by atoms with Crippen molar-refractivity contribution in [1.82, 2.24) is 15.1 Å². The molecule has 2 amide bonds. The Bertz CT molecular complexity index is 1330. The largest absolute Gasteiger partial charge is 0.374 e. The zero-order chi connectivity index (χ0) is 32.5. The number of hydrogen-bond donors (Lipinski definition) is 3. The first-order chi connectivity index (χ1) is 20.2. The molecule has 43 heavy (non-hydrogen) atoms. The minimum Gasteiger partial charge on any atom is -0.374 e. The van der Waals surface area contributed by atoms with Gasteiger partial charge >= 0.3 is 0 Å². The molecule has 0 spiro atoms. The zero-order valence-corrected chi connectivity index (χ0v) is 25.2. The summed E-state index contributed by atoms with van der Waals surface area (Å²) in [5.74, 6) is -5.92. The van der Waals surface area contributed by atoms with Gasteiger partial charge in [0.25, 0.3) is 11.8 Å². The number of halogens is 4. The highest BCUT2D eigenvalue weighted by Gasteiger charge is 2.49. The maximum atomic E-state index is 14.5. The van der Waals surface area contributed by atoms with Crippen LogP contribution in [0.1, 0.15) is 46.5 Å². The van der Waals surface area contributed by atoms with Gasteiger partial charge in [0.15, 0.2) is 0 Å². The number of nitrogens with one attached hydrogen (secondary N) is 2. The van der Waals surface area contributed by atoms with Crippen LogP contribution in [0, 0.1) is 16.7 Å². The average molecular weight is 621 g/mol. The van der Waals surface area contributed by atoms with Crippen LogP contribution < -0.4 is 5.32 Å². The highest BCUT2D eigenvalue weighted by atomic mass is 35.5. The van der Waals surface area contributed by atoms with Crippen molar-refractivity contribution in [2.24, 2.45) is 4.99 Å². The van der Waals surface area contributed by atoms with Crippen LogP contribution in [-0.2, 0) is 9.59 Å². The minimum atomic E-state index is -2.95. The summed E-state index contributed by atoms with van der Waals surface area (Å²) in [5.41, 5.74) is 0.116. The molecule has 232 valence electrons. The van der Waals surface area contributed by atoms with Gasteiger partial charge in [0, 0.05) is 48.3 Å². The number of amidine groups is 1. The number of rotatable bonds is 11. The summed E-state index contributed by atoms with van der Waals surface area (Å²) in [4.78, 5) is 34.8. The van der Waals surface area contributed by atoms with Crippen molar-refractivity contribution in [2.45, 2.75) is 76.7 Å². The lowest BCUT2D eigenvalue weighted by atomic mass is 9.87. The molecule has 1 aliphatic heterocycles. The summed E-state index contributed by atoms with van der Waals surface area (Å²) < 4.78 is 41.4. The van der Waals surface area contributed by atoms with Crippen molar-refractivity contribution in [3.63, 3.8) is 0 Å². The maximum absolute atomic E-state index is 14.5. The van der Waals surface area contributed by atoms with E-state index in [0.29, 0.717) is 0 Å². The van der Waals surface area contributed by atoms with Gasteiger partial charge < -0.3 is 15.3 Å². The Kier molecular flexibility index (Phi) is 12.7. The first-order valence-corrected chi connectivity index (χ1v) is 13.9. The average Bonchev–Trinajstić information content (AvgIpc) is 3.30. The second kappa shape index (κ2) is 15.5. The maximum Gasteiger partial charge on any atom is 0.252 e. The van der Waals surface area contributed by atoms with Gasteiger partial charge in [-0.15, -0.1) is 0 Å². The topological polar surface area (TPSA) is 133 Å². The predicted molar refractivity (Wildman–Crippen MR) is 160 cm³/mol. The number of alkyl halides is 2. The molecule has 1 saturated heterocycles. The van der Waals surface area contributed by atoms with Crippen molar-refractivity contribution >= 4 is 35.2 Å². The molecule has 0 aromatic heterocycles.